The molecule has 10 heteroatoms. The number of rotatable bonds is 2. The number of ether oxygens (including phenoxy) is 1. The SMILES string of the molecule is CC1=CC=C2C(C)(C)C(=O)C=CC23Oc2c(c(OP(=O)(O)O)cc4c2C(O)NC4=O)CC13C. The number of carbonyl (C=O) groups excluding carboxylic acids is 2. The van der Waals surface area contributed by atoms with Crippen molar-refractivity contribution in [3.8, 4) is 11.5 Å². The summed E-state index contributed by atoms with van der Waals surface area (Å²) in [4.78, 5) is 44.2. The van der Waals surface area contributed by atoms with Crippen LogP contribution in [0, 0.1) is 10.8 Å². The molecular weight excluding hydrogens is 449 g/mol. The number of aliphatic hydroxyl groups is 1. The maximum atomic E-state index is 12.8. The van der Waals surface area contributed by atoms with Gasteiger partial charge in [0, 0.05) is 11.0 Å². The number of fused-ring (bicyclic) bond motifs is 3. The van der Waals surface area contributed by atoms with Gasteiger partial charge in [-0.05, 0) is 51.0 Å². The van der Waals surface area contributed by atoms with E-state index in [1.54, 1.807) is 6.08 Å². The Balaban J connectivity index is 1.83. The number of phosphoric acid groups is 1. The van der Waals surface area contributed by atoms with Gasteiger partial charge in [-0.25, -0.2) is 4.57 Å². The molecule has 1 spiro atoms. The lowest BCUT2D eigenvalue weighted by Gasteiger charge is -2.57. The average molecular weight is 473 g/mol. The molecule has 1 aromatic carbocycles. The Morgan fingerprint density at radius 3 is 2.58 bits per heavy atom. The fraction of sp³-hybridized carbons (Fsp3) is 0.391. The topological polar surface area (TPSA) is 142 Å². The Morgan fingerprint density at radius 1 is 1.21 bits per heavy atom. The minimum Gasteiger partial charge on any atom is -0.477 e. The Hall–Kier alpha value is -2.71. The molecular formula is C23H24NO8P. The van der Waals surface area contributed by atoms with Crippen LogP contribution in [0.3, 0.4) is 0 Å². The maximum absolute atomic E-state index is 12.8. The summed E-state index contributed by atoms with van der Waals surface area (Å²) >= 11 is 0. The molecule has 1 aromatic rings. The van der Waals surface area contributed by atoms with Crippen LogP contribution in [0.5, 0.6) is 11.5 Å². The average Bonchev–Trinajstić information content (AvgIpc) is 2.97. The van der Waals surface area contributed by atoms with Crippen LogP contribution in [0.4, 0.5) is 0 Å². The predicted molar refractivity (Wildman–Crippen MR) is 116 cm³/mol. The van der Waals surface area contributed by atoms with E-state index in [4.69, 9.17) is 9.26 Å². The molecule has 4 aliphatic rings. The Labute approximate surface area is 190 Å². The largest absolute Gasteiger partial charge is 0.524 e. The lowest BCUT2D eigenvalue weighted by molar-refractivity contribution is -0.123. The second-order valence-corrected chi connectivity index (χ2v) is 10.9. The quantitative estimate of drug-likeness (QED) is 0.480. The van der Waals surface area contributed by atoms with E-state index >= 15 is 0 Å². The second-order valence-electron chi connectivity index (χ2n) is 9.70. The highest BCUT2D eigenvalue weighted by molar-refractivity contribution is 7.46. The van der Waals surface area contributed by atoms with Gasteiger partial charge in [0.25, 0.3) is 5.91 Å². The van der Waals surface area contributed by atoms with Crippen molar-refractivity contribution >= 4 is 19.5 Å². The van der Waals surface area contributed by atoms with Crippen molar-refractivity contribution in [3.63, 3.8) is 0 Å². The summed E-state index contributed by atoms with van der Waals surface area (Å²) in [7, 11) is -4.96. The predicted octanol–water partition coefficient (Wildman–Crippen LogP) is 2.62. The van der Waals surface area contributed by atoms with Gasteiger partial charge in [-0.15, -0.1) is 0 Å². The lowest BCUT2D eigenvalue weighted by atomic mass is 9.52. The van der Waals surface area contributed by atoms with Gasteiger partial charge < -0.3 is 19.7 Å². The van der Waals surface area contributed by atoms with Crippen molar-refractivity contribution in [1.29, 1.82) is 0 Å². The first kappa shape index (κ1) is 22.1. The van der Waals surface area contributed by atoms with Crippen LogP contribution in [0.25, 0.3) is 0 Å². The highest BCUT2D eigenvalue weighted by atomic mass is 31.2. The van der Waals surface area contributed by atoms with E-state index in [0.29, 0.717) is 5.56 Å². The summed E-state index contributed by atoms with van der Waals surface area (Å²) in [5, 5.41) is 13.0. The highest BCUT2D eigenvalue weighted by Crippen LogP contribution is 2.63. The third kappa shape index (κ3) is 2.80. The number of ketones is 1. The van der Waals surface area contributed by atoms with Crippen LogP contribution in [0.15, 0.2) is 41.5 Å². The number of carbonyl (C=O) groups is 2. The second kappa shape index (κ2) is 6.45. The number of nitrogens with one attached hydrogen (secondary N) is 1. The number of aliphatic hydroxyl groups excluding tert-OH is 1. The van der Waals surface area contributed by atoms with E-state index in [0.717, 1.165) is 11.1 Å². The van der Waals surface area contributed by atoms with Gasteiger partial charge in [-0.2, -0.15) is 0 Å². The molecule has 3 unspecified atom stereocenters. The van der Waals surface area contributed by atoms with Crippen LogP contribution >= 0.6 is 7.82 Å². The molecule has 9 nitrogen and oxygen atoms in total. The third-order valence-corrected chi connectivity index (χ3v) is 7.96. The Morgan fingerprint density at radius 2 is 1.91 bits per heavy atom. The van der Waals surface area contributed by atoms with Crippen molar-refractivity contribution in [2.75, 3.05) is 0 Å². The van der Waals surface area contributed by atoms with Gasteiger partial charge in [-0.1, -0.05) is 24.6 Å². The van der Waals surface area contributed by atoms with Gasteiger partial charge in [0.1, 0.15) is 11.5 Å². The first-order valence-corrected chi connectivity index (χ1v) is 12.0. The highest BCUT2D eigenvalue weighted by Gasteiger charge is 2.62. The lowest BCUT2D eigenvalue weighted by Crippen LogP contribution is -2.61. The minimum absolute atomic E-state index is 0.00781. The molecule has 0 radical (unpaired) electrons. The van der Waals surface area contributed by atoms with Crippen molar-refractivity contribution in [1.82, 2.24) is 5.32 Å². The molecule has 0 saturated carbocycles. The van der Waals surface area contributed by atoms with Crippen molar-refractivity contribution in [3.05, 3.63) is 58.2 Å². The molecule has 0 bridgehead atoms. The van der Waals surface area contributed by atoms with E-state index < -0.39 is 36.4 Å². The molecule has 4 N–H and O–H groups in total. The van der Waals surface area contributed by atoms with Crippen LogP contribution in [0.1, 0.15) is 55.4 Å². The van der Waals surface area contributed by atoms with Gasteiger partial charge >= 0.3 is 7.82 Å². The third-order valence-electron chi connectivity index (χ3n) is 7.53. The summed E-state index contributed by atoms with van der Waals surface area (Å²) in [6, 6.07) is 1.23. The number of hydrogen-bond donors (Lipinski definition) is 4. The fourth-order valence-corrected chi connectivity index (χ4v) is 5.91. The van der Waals surface area contributed by atoms with E-state index in [1.807, 2.05) is 39.8 Å². The molecule has 3 atom stereocenters. The summed E-state index contributed by atoms with van der Waals surface area (Å²) in [5.41, 5.74) is -0.560. The van der Waals surface area contributed by atoms with Crippen molar-refractivity contribution < 1.29 is 38.3 Å². The normalized spacial score (nSPS) is 31.3. The number of allylic oxidation sites excluding steroid dienone is 3. The molecule has 2 aliphatic heterocycles. The summed E-state index contributed by atoms with van der Waals surface area (Å²) < 4.78 is 23.4. The Bertz CT molecular complexity index is 1290. The molecule has 0 saturated heterocycles. The smallest absolute Gasteiger partial charge is 0.477 e. The van der Waals surface area contributed by atoms with E-state index in [9.17, 15) is 29.0 Å². The molecule has 2 aliphatic carbocycles. The van der Waals surface area contributed by atoms with E-state index in [-0.39, 0.29) is 34.8 Å². The van der Waals surface area contributed by atoms with Crippen LogP contribution in [-0.4, -0.2) is 32.2 Å². The van der Waals surface area contributed by atoms with Crippen molar-refractivity contribution in [2.45, 2.75) is 45.9 Å². The monoisotopic (exact) mass is 473 g/mol. The zero-order chi connectivity index (χ0) is 24.1. The molecule has 2 heterocycles. The number of benzene rings is 1. The fourth-order valence-electron chi connectivity index (χ4n) is 5.49. The Kier molecular flexibility index (Phi) is 4.32. The first-order valence-electron chi connectivity index (χ1n) is 10.5. The molecule has 5 rings (SSSR count). The van der Waals surface area contributed by atoms with Crippen LogP contribution < -0.4 is 14.6 Å². The van der Waals surface area contributed by atoms with Gasteiger partial charge in [0.05, 0.1) is 16.5 Å². The van der Waals surface area contributed by atoms with Gasteiger partial charge in [-0.3, -0.25) is 19.4 Å². The van der Waals surface area contributed by atoms with Crippen LogP contribution in [-0.2, 0) is 15.8 Å². The molecule has 33 heavy (non-hydrogen) atoms. The molecule has 0 fully saturated rings. The minimum atomic E-state index is -4.96. The zero-order valence-electron chi connectivity index (χ0n) is 18.5. The molecule has 0 aromatic heterocycles. The number of phosphoric ester groups is 1. The van der Waals surface area contributed by atoms with Gasteiger partial charge in [0.2, 0.25) is 0 Å². The maximum Gasteiger partial charge on any atom is 0.524 e. The van der Waals surface area contributed by atoms with E-state index in [2.05, 4.69) is 5.32 Å². The number of hydrogen-bond acceptors (Lipinski definition) is 6. The van der Waals surface area contributed by atoms with Gasteiger partial charge in [0.15, 0.2) is 17.6 Å². The molecule has 174 valence electrons. The summed E-state index contributed by atoms with van der Waals surface area (Å²) in [6.07, 6.45) is 5.87. The zero-order valence-corrected chi connectivity index (χ0v) is 19.4. The summed E-state index contributed by atoms with van der Waals surface area (Å²) in [6.45, 7) is 7.52. The van der Waals surface area contributed by atoms with Crippen LogP contribution in [0.2, 0.25) is 0 Å². The van der Waals surface area contributed by atoms with E-state index in [1.165, 1.54) is 12.1 Å². The van der Waals surface area contributed by atoms with Crippen molar-refractivity contribution in [2.24, 2.45) is 10.8 Å². The number of amides is 1. The standard InChI is InChI=1S/C23H24NO8P/c1-11-5-6-15-21(2,3)16(25)7-8-23(15)22(11,4)10-13-14(32-33(28,29)30)9-12-17(18(13)31-23)20(27)24-19(12)26/h5-9,20,27H,10H2,1-4H3,(H,24,26)(H2,28,29,30). The molecule has 1 amide bonds. The first-order chi connectivity index (χ1) is 15.2. The summed E-state index contributed by atoms with van der Waals surface area (Å²) in [5.74, 6) is -0.758.